The van der Waals surface area contributed by atoms with Gasteiger partial charge in [0.05, 0.1) is 16.1 Å². The topological polar surface area (TPSA) is 34.9 Å². The molecular formula is C24H27ClF4N2O. The third-order valence-corrected chi connectivity index (χ3v) is 7.57. The van der Waals surface area contributed by atoms with Crippen molar-refractivity contribution in [3.8, 4) is 0 Å². The Hall–Kier alpha value is -1.89. The SMILES string of the molecule is C=C(C)C1(F)C(CC(=O)CCCc2nc3cc(F)c(Cl)cc3n2C2(C)CCC2)CC1(F)F. The Bertz CT molecular complexity index is 1090. The fraction of sp³-hybridized carbons (Fsp3) is 0.583. The van der Waals surface area contributed by atoms with Crippen LogP contribution in [0.2, 0.25) is 5.02 Å². The molecule has 0 amide bonds. The number of ketones is 1. The first-order chi connectivity index (χ1) is 14.9. The highest BCUT2D eigenvalue weighted by molar-refractivity contribution is 6.31. The number of rotatable bonds is 8. The van der Waals surface area contributed by atoms with Gasteiger partial charge in [0.15, 0.2) is 5.67 Å². The van der Waals surface area contributed by atoms with Gasteiger partial charge in [-0.3, -0.25) is 4.79 Å². The van der Waals surface area contributed by atoms with Gasteiger partial charge in [-0.2, -0.15) is 0 Å². The molecule has 32 heavy (non-hydrogen) atoms. The van der Waals surface area contributed by atoms with Crippen LogP contribution in [0.5, 0.6) is 0 Å². The van der Waals surface area contributed by atoms with Crippen LogP contribution < -0.4 is 0 Å². The van der Waals surface area contributed by atoms with E-state index in [2.05, 4.69) is 23.1 Å². The number of hydrogen-bond donors (Lipinski definition) is 0. The van der Waals surface area contributed by atoms with E-state index in [-0.39, 0.29) is 34.8 Å². The number of nitrogens with zero attached hydrogens (tertiary/aromatic N) is 2. The summed E-state index contributed by atoms with van der Waals surface area (Å²) in [6.45, 7) is 6.73. The van der Waals surface area contributed by atoms with Gasteiger partial charge in [-0.25, -0.2) is 22.5 Å². The molecule has 0 spiro atoms. The lowest BCUT2D eigenvalue weighted by molar-refractivity contribution is -0.232. The first-order valence-corrected chi connectivity index (χ1v) is 11.4. The summed E-state index contributed by atoms with van der Waals surface area (Å²) in [5.74, 6) is -4.54. The van der Waals surface area contributed by atoms with Crippen molar-refractivity contribution in [3.05, 3.63) is 40.9 Å². The van der Waals surface area contributed by atoms with Crippen LogP contribution >= 0.6 is 11.6 Å². The van der Waals surface area contributed by atoms with Crippen LogP contribution in [-0.4, -0.2) is 26.9 Å². The molecule has 2 aliphatic rings. The molecule has 4 rings (SSSR count). The lowest BCUT2D eigenvalue weighted by Crippen LogP contribution is -2.62. The average Bonchev–Trinajstić information content (AvgIpc) is 3.02. The summed E-state index contributed by atoms with van der Waals surface area (Å²) in [6, 6.07) is 2.91. The van der Waals surface area contributed by atoms with Gasteiger partial charge in [0.1, 0.15) is 17.4 Å². The molecule has 2 saturated carbocycles. The molecule has 174 valence electrons. The van der Waals surface area contributed by atoms with Crippen LogP contribution in [-0.2, 0) is 16.8 Å². The van der Waals surface area contributed by atoms with Crippen molar-refractivity contribution in [2.45, 2.75) is 82.3 Å². The number of aryl methyl sites for hydroxylation is 1. The van der Waals surface area contributed by atoms with Crippen molar-refractivity contribution in [1.29, 1.82) is 0 Å². The second-order valence-corrected chi connectivity index (χ2v) is 10.1. The van der Waals surface area contributed by atoms with Crippen molar-refractivity contribution < 1.29 is 22.4 Å². The second kappa shape index (κ2) is 7.86. The summed E-state index contributed by atoms with van der Waals surface area (Å²) in [5, 5.41) is 0.0350. The van der Waals surface area contributed by atoms with Crippen LogP contribution in [0.15, 0.2) is 24.3 Å². The molecule has 0 saturated heterocycles. The highest BCUT2D eigenvalue weighted by Gasteiger charge is 2.70. The number of carbonyl (C=O) groups is 1. The third-order valence-electron chi connectivity index (χ3n) is 7.29. The Balaban J connectivity index is 1.45. The number of allylic oxidation sites excluding steroid dienone is 1. The van der Waals surface area contributed by atoms with Gasteiger partial charge < -0.3 is 4.57 Å². The molecule has 0 aliphatic heterocycles. The monoisotopic (exact) mass is 470 g/mol. The molecule has 2 fully saturated rings. The molecular weight excluding hydrogens is 444 g/mol. The van der Waals surface area contributed by atoms with Gasteiger partial charge in [-0.1, -0.05) is 18.2 Å². The Morgan fingerprint density at radius 1 is 1.31 bits per heavy atom. The van der Waals surface area contributed by atoms with Crippen molar-refractivity contribution in [1.82, 2.24) is 9.55 Å². The van der Waals surface area contributed by atoms with Crippen LogP contribution in [0.25, 0.3) is 11.0 Å². The molecule has 0 bridgehead atoms. The maximum Gasteiger partial charge on any atom is 0.285 e. The van der Waals surface area contributed by atoms with Gasteiger partial charge in [-0.05, 0) is 51.2 Å². The van der Waals surface area contributed by atoms with E-state index in [0.717, 1.165) is 30.6 Å². The summed E-state index contributed by atoms with van der Waals surface area (Å²) in [5.41, 5.74) is -1.90. The van der Waals surface area contributed by atoms with E-state index >= 15 is 0 Å². The number of halogens is 5. The zero-order chi connectivity index (χ0) is 23.5. The Morgan fingerprint density at radius 3 is 2.56 bits per heavy atom. The normalized spacial score (nSPS) is 25.9. The summed E-state index contributed by atoms with van der Waals surface area (Å²) < 4.78 is 58.4. The van der Waals surface area contributed by atoms with Crippen molar-refractivity contribution >= 4 is 28.4 Å². The van der Waals surface area contributed by atoms with Crippen LogP contribution in [0.3, 0.4) is 0 Å². The van der Waals surface area contributed by atoms with Gasteiger partial charge in [0, 0.05) is 43.2 Å². The first kappa shape index (κ1) is 23.3. The van der Waals surface area contributed by atoms with Crippen molar-refractivity contribution in [2.75, 3.05) is 0 Å². The predicted molar refractivity (Wildman–Crippen MR) is 116 cm³/mol. The summed E-state index contributed by atoms with van der Waals surface area (Å²) >= 11 is 6.01. The minimum absolute atomic E-state index is 0.0350. The maximum atomic E-state index is 14.8. The second-order valence-electron chi connectivity index (χ2n) is 9.66. The Morgan fingerprint density at radius 2 is 2.00 bits per heavy atom. The van der Waals surface area contributed by atoms with Gasteiger partial charge >= 0.3 is 0 Å². The van der Waals surface area contributed by atoms with Gasteiger partial charge in [-0.15, -0.1) is 0 Å². The smallest absolute Gasteiger partial charge is 0.285 e. The number of hydrogen-bond acceptors (Lipinski definition) is 2. The van der Waals surface area contributed by atoms with Gasteiger partial charge in [0.2, 0.25) is 0 Å². The van der Waals surface area contributed by atoms with E-state index in [1.165, 1.54) is 13.0 Å². The molecule has 2 aliphatic carbocycles. The fourth-order valence-corrected chi connectivity index (χ4v) is 5.42. The summed E-state index contributed by atoms with van der Waals surface area (Å²) in [6.07, 6.45) is 3.22. The number of alkyl halides is 3. The number of carbonyl (C=O) groups excluding carboxylic acids is 1. The Kier molecular flexibility index (Phi) is 5.71. The summed E-state index contributed by atoms with van der Waals surface area (Å²) in [7, 11) is 0. The number of fused-ring (bicyclic) bond motifs is 1. The molecule has 1 heterocycles. The fourth-order valence-electron chi connectivity index (χ4n) is 5.26. The number of benzene rings is 1. The molecule has 1 aromatic carbocycles. The van der Waals surface area contributed by atoms with E-state index in [9.17, 15) is 22.4 Å². The zero-order valence-corrected chi connectivity index (χ0v) is 19.0. The highest BCUT2D eigenvalue weighted by atomic mass is 35.5. The zero-order valence-electron chi connectivity index (χ0n) is 18.3. The molecule has 2 unspecified atom stereocenters. The number of imidazole rings is 1. The average molecular weight is 471 g/mol. The first-order valence-electron chi connectivity index (χ1n) is 11.0. The lowest BCUT2D eigenvalue weighted by Gasteiger charge is -2.50. The quantitative estimate of drug-likeness (QED) is 0.309. The minimum Gasteiger partial charge on any atom is -0.322 e. The van der Waals surface area contributed by atoms with Crippen LogP contribution in [0.4, 0.5) is 17.6 Å². The summed E-state index contributed by atoms with van der Waals surface area (Å²) in [4.78, 5) is 17.0. The molecule has 0 radical (unpaired) electrons. The lowest BCUT2D eigenvalue weighted by atomic mass is 9.62. The number of aromatic nitrogens is 2. The van der Waals surface area contributed by atoms with Crippen molar-refractivity contribution in [2.24, 2.45) is 5.92 Å². The van der Waals surface area contributed by atoms with E-state index < -0.39 is 29.7 Å². The van der Waals surface area contributed by atoms with Crippen LogP contribution in [0, 0.1) is 11.7 Å². The third kappa shape index (κ3) is 3.57. The van der Waals surface area contributed by atoms with Crippen molar-refractivity contribution in [3.63, 3.8) is 0 Å². The number of Topliss-reactive ketones (excluding diaryl/α,β-unsaturated/α-hetero) is 1. The van der Waals surface area contributed by atoms with E-state index in [1.54, 1.807) is 6.07 Å². The molecule has 2 atom stereocenters. The standard InChI is InChI=1S/C24H27ClF4N2O/c1-14(2)24(29)15(13-23(24,27)28)10-16(32)6-4-7-21-30-19-12-18(26)17(25)11-20(19)31(21)22(3)8-5-9-22/h11-12,15H,1,4-10,13H2,2-3H3. The van der Waals surface area contributed by atoms with E-state index in [1.807, 2.05) is 0 Å². The predicted octanol–water partition coefficient (Wildman–Crippen LogP) is 6.95. The van der Waals surface area contributed by atoms with E-state index in [4.69, 9.17) is 11.6 Å². The minimum atomic E-state index is -3.47. The highest BCUT2D eigenvalue weighted by Crippen LogP contribution is 2.58. The molecule has 0 N–H and O–H groups in total. The van der Waals surface area contributed by atoms with Crippen LogP contribution in [0.1, 0.15) is 64.6 Å². The molecule has 1 aromatic heterocycles. The van der Waals surface area contributed by atoms with E-state index in [0.29, 0.717) is 18.4 Å². The largest absolute Gasteiger partial charge is 0.322 e. The molecule has 8 heteroatoms. The molecule has 3 nitrogen and oxygen atoms in total. The Labute approximate surface area is 189 Å². The maximum absolute atomic E-state index is 14.8. The molecule has 2 aromatic rings. The van der Waals surface area contributed by atoms with Gasteiger partial charge in [0.25, 0.3) is 5.92 Å².